The van der Waals surface area contributed by atoms with E-state index in [1.807, 2.05) is 42.8 Å². The van der Waals surface area contributed by atoms with Gasteiger partial charge in [-0.25, -0.2) is 9.97 Å². The van der Waals surface area contributed by atoms with Crippen LogP contribution in [-0.2, 0) is 0 Å². The van der Waals surface area contributed by atoms with E-state index in [1.165, 1.54) is 24.8 Å². The molecule has 172 valence electrons. The molecule has 1 saturated carbocycles. The Bertz CT molecular complexity index is 1160. The highest BCUT2D eigenvalue weighted by Gasteiger charge is 2.30. The maximum atomic E-state index is 6.01. The molecule has 1 fully saturated rings. The third-order valence-corrected chi connectivity index (χ3v) is 6.61. The molecular formula is C26H31ClN6. The number of hydrogen-bond acceptors (Lipinski definition) is 6. The Morgan fingerprint density at radius 3 is 2.64 bits per heavy atom. The van der Waals surface area contributed by atoms with E-state index < -0.39 is 0 Å². The van der Waals surface area contributed by atoms with Gasteiger partial charge in [0.25, 0.3) is 0 Å². The standard InChI is InChI=1S/C26H28ClN5.H3N/c1-18-6-12-22-21(16-18)26(30-23-4-2-3-5-24(23)32-15-14-28-17-32)31-25(29-22)13-9-19-7-10-20(27)11-8-19;/h6-13,16-17,23-24H,2-5,14-15H2,1H3,(H,29,30,31);1H3. The van der Waals surface area contributed by atoms with Crippen molar-refractivity contribution in [2.45, 2.75) is 44.7 Å². The highest BCUT2D eigenvalue weighted by atomic mass is 35.5. The molecule has 4 N–H and O–H groups in total. The van der Waals surface area contributed by atoms with Crippen LogP contribution in [-0.4, -0.2) is 46.4 Å². The van der Waals surface area contributed by atoms with E-state index in [0.29, 0.717) is 17.9 Å². The molecule has 0 radical (unpaired) electrons. The molecule has 2 unspecified atom stereocenters. The van der Waals surface area contributed by atoms with Crippen molar-refractivity contribution >= 4 is 46.8 Å². The predicted octanol–water partition coefficient (Wildman–Crippen LogP) is 5.99. The van der Waals surface area contributed by atoms with Gasteiger partial charge in [0.05, 0.1) is 24.4 Å². The molecule has 2 aromatic carbocycles. The van der Waals surface area contributed by atoms with Crippen LogP contribution in [0.2, 0.25) is 5.02 Å². The van der Waals surface area contributed by atoms with Crippen molar-refractivity contribution in [3.63, 3.8) is 0 Å². The number of anilines is 1. The number of benzene rings is 2. The molecule has 33 heavy (non-hydrogen) atoms. The van der Waals surface area contributed by atoms with Crippen LogP contribution in [0.3, 0.4) is 0 Å². The average molecular weight is 463 g/mol. The summed E-state index contributed by atoms with van der Waals surface area (Å²) in [5.41, 5.74) is 3.23. The Kier molecular flexibility index (Phi) is 7.26. The van der Waals surface area contributed by atoms with Gasteiger partial charge in [-0.3, -0.25) is 4.99 Å². The van der Waals surface area contributed by atoms with Crippen LogP contribution in [0.25, 0.3) is 23.1 Å². The first-order valence-corrected chi connectivity index (χ1v) is 11.8. The average Bonchev–Trinajstić information content (AvgIpc) is 3.34. The fraction of sp³-hybridized carbons (Fsp3) is 0.346. The Balaban J connectivity index is 0.00000259. The summed E-state index contributed by atoms with van der Waals surface area (Å²) in [5.74, 6) is 1.62. The smallest absolute Gasteiger partial charge is 0.154 e. The number of nitrogens with one attached hydrogen (secondary N) is 1. The molecule has 7 heteroatoms. The van der Waals surface area contributed by atoms with E-state index in [4.69, 9.17) is 21.6 Å². The van der Waals surface area contributed by atoms with Crippen molar-refractivity contribution < 1.29 is 0 Å². The largest absolute Gasteiger partial charge is 0.365 e. The maximum Gasteiger partial charge on any atom is 0.154 e. The number of halogens is 1. The normalized spacial score (nSPS) is 20.4. The molecule has 1 aromatic heterocycles. The van der Waals surface area contributed by atoms with Gasteiger partial charge in [0.1, 0.15) is 5.82 Å². The fourth-order valence-corrected chi connectivity index (χ4v) is 4.81. The predicted molar refractivity (Wildman–Crippen MR) is 139 cm³/mol. The lowest BCUT2D eigenvalue weighted by Gasteiger charge is -2.38. The topological polar surface area (TPSA) is 88.4 Å². The number of aryl methyl sites for hydroxylation is 1. The first kappa shape index (κ1) is 23.2. The summed E-state index contributed by atoms with van der Waals surface area (Å²) in [4.78, 5) is 16.6. The van der Waals surface area contributed by atoms with Crippen LogP contribution >= 0.6 is 11.6 Å². The highest BCUT2D eigenvalue weighted by molar-refractivity contribution is 6.30. The second-order valence-electron chi connectivity index (χ2n) is 8.70. The van der Waals surface area contributed by atoms with E-state index in [-0.39, 0.29) is 6.15 Å². The SMILES string of the molecule is Cc1ccc2nc(C=Cc3ccc(Cl)cc3)nc(NC3CCCCC3N3C=NCC3)c2c1.N. The first-order chi connectivity index (χ1) is 15.7. The van der Waals surface area contributed by atoms with Crippen molar-refractivity contribution in [1.82, 2.24) is 21.0 Å². The number of rotatable bonds is 5. The lowest BCUT2D eigenvalue weighted by molar-refractivity contribution is 0.244. The quantitative estimate of drug-likeness (QED) is 0.486. The van der Waals surface area contributed by atoms with Crippen LogP contribution in [0.15, 0.2) is 47.5 Å². The van der Waals surface area contributed by atoms with Gasteiger partial charge in [0.2, 0.25) is 0 Å². The van der Waals surface area contributed by atoms with Crippen molar-refractivity contribution in [3.8, 4) is 0 Å². The molecule has 2 atom stereocenters. The van der Waals surface area contributed by atoms with Gasteiger partial charge in [-0.2, -0.15) is 0 Å². The third-order valence-electron chi connectivity index (χ3n) is 6.36. The van der Waals surface area contributed by atoms with Crippen molar-refractivity contribution in [3.05, 3.63) is 64.4 Å². The van der Waals surface area contributed by atoms with Crippen LogP contribution in [0.4, 0.5) is 5.82 Å². The van der Waals surface area contributed by atoms with Crippen molar-refractivity contribution in [2.24, 2.45) is 4.99 Å². The minimum atomic E-state index is 0. The van der Waals surface area contributed by atoms with Gasteiger partial charge < -0.3 is 16.4 Å². The van der Waals surface area contributed by atoms with E-state index >= 15 is 0 Å². The molecule has 3 aromatic rings. The molecule has 1 aliphatic heterocycles. The van der Waals surface area contributed by atoms with E-state index in [9.17, 15) is 0 Å². The molecule has 2 aliphatic rings. The minimum absolute atomic E-state index is 0. The molecule has 2 heterocycles. The van der Waals surface area contributed by atoms with Crippen LogP contribution < -0.4 is 11.5 Å². The summed E-state index contributed by atoms with van der Waals surface area (Å²) in [5, 5.41) is 5.63. The number of aromatic nitrogens is 2. The Labute approximate surface area is 200 Å². The Morgan fingerprint density at radius 1 is 1.03 bits per heavy atom. The third kappa shape index (κ3) is 5.34. The van der Waals surface area contributed by atoms with E-state index in [0.717, 1.165) is 46.8 Å². The molecule has 0 saturated heterocycles. The monoisotopic (exact) mass is 462 g/mol. The summed E-state index contributed by atoms with van der Waals surface area (Å²) in [6.07, 6.45) is 10.9. The summed E-state index contributed by atoms with van der Waals surface area (Å²) in [6, 6.07) is 14.9. The molecule has 5 rings (SSSR count). The van der Waals surface area contributed by atoms with Gasteiger partial charge in [-0.1, -0.05) is 54.3 Å². The summed E-state index contributed by atoms with van der Waals surface area (Å²) in [7, 11) is 0. The second-order valence-corrected chi connectivity index (χ2v) is 9.13. The molecule has 0 spiro atoms. The second kappa shape index (κ2) is 10.3. The summed E-state index contributed by atoms with van der Waals surface area (Å²) < 4.78 is 0. The summed E-state index contributed by atoms with van der Waals surface area (Å²) in [6.45, 7) is 4.03. The summed E-state index contributed by atoms with van der Waals surface area (Å²) >= 11 is 6.01. The Morgan fingerprint density at radius 2 is 1.85 bits per heavy atom. The highest BCUT2D eigenvalue weighted by Crippen LogP contribution is 2.29. The van der Waals surface area contributed by atoms with Gasteiger partial charge >= 0.3 is 0 Å². The zero-order chi connectivity index (χ0) is 21.9. The number of aliphatic imine (C=N–C) groups is 1. The molecule has 0 amide bonds. The molecular weight excluding hydrogens is 432 g/mol. The fourth-order valence-electron chi connectivity index (χ4n) is 4.69. The first-order valence-electron chi connectivity index (χ1n) is 11.4. The molecule has 1 aliphatic carbocycles. The number of fused-ring (bicyclic) bond motifs is 1. The van der Waals surface area contributed by atoms with Gasteiger partial charge in [0, 0.05) is 23.0 Å². The Hall–Kier alpha value is -2.96. The zero-order valence-corrected chi connectivity index (χ0v) is 19.8. The van der Waals surface area contributed by atoms with Crippen LogP contribution in [0, 0.1) is 6.92 Å². The van der Waals surface area contributed by atoms with E-state index in [2.05, 4.69) is 40.3 Å². The lowest BCUT2D eigenvalue weighted by Crippen LogP contribution is -2.47. The zero-order valence-electron chi connectivity index (χ0n) is 19.0. The molecule has 0 bridgehead atoms. The van der Waals surface area contributed by atoms with E-state index in [1.54, 1.807) is 0 Å². The van der Waals surface area contributed by atoms with Crippen LogP contribution in [0.1, 0.15) is 42.6 Å². The van der Waals surface area contributed by atoms with Gasteiger partial charge in [-0.15, -0.1) is 0 Å². The van der Waals surface area contributed by atoms with Crippen molar-refractivity contribution in [1.29, 1.82) is 0 Å². The minimum Gasteiger partial charge on any atom is -0.365 e. The van der Waals surface area contributed by atoms with Crippen molar-refractivity contribution in [2.75, 3.05) is 18.4 Å². The number of hydrogen-bond donors (Lipinski definition) is 2. The maximum absolute atomic E-state index is 6.01. The van der Waals surface area contributed by atoms with Gasteiger partial charge in [0.15, 0.2) is 5.82 Å². The van der Waals surface area contributed by atoms with Crippen LogP contribution in [0.5, 0.6) is 0 Å². The number of nitrogens with zero attached hydrogens (tertiary/aromatic N) is 4. The van der Waals surface area contributed by atoms with Gasteiger partial charge in [-0.05, 0) is 55.7 Å². The molecule has 6 nitrogen and oxygen atoms in total. The lowest BCUT2D eigenvalue weighted by atomic mass is 9.89.